The van der Waals surface area contributed by atoms with Gasteiger partial charge in [-0.15, -0.1) is 0 Å². The van der Waals surface area contributed by atoms with Gasteiger partial charge in [-0.05, 0) is 42.7 Å². The maximum atomic E-state index is 13.4. The molecule has 6 nitrogen and oxygen atoms in total. The molecule has 9 heteroatoms. The average Bonchev–Trinajstić information content (AvgIpc) is 3.26. The van der Waals surface area contributed by atoms with Crippen LogP contribution >= 0.6 is 0 Å². The van der Waals surface area contributed by atoms with Crippen LogP contribution in [0.2, 0.25) is 0 Å². The number of carbonyl (C=O) groups excluding carboxylic acids is 1. The number of hydrogen-bond acceptors (Lipinski definition) is 5. The third-order valence-electron chi connectivity index (χ3n) is 7.43. The smallest absolute Gasteiger partial charge is 0.378 e. The quantitative estimate of drug-likeness (QED) is 0.759. The fourth-order valence-corrected chi connectivity index (χ4v) is 6.08. The topological polar surface area (TPSA) is 56.8 Å². The molecule has 3 heterocycles. The molecule has 1 saturated carbocycles. The van der Waals surface area contributed by atoms with E-state index in [4.69, 9.17) is 4.74 Å². The predicted molar refractivity (Wildman–Crippen MR) is 110 cm³/mol. The van der Waals surface area contributed by atoms with Crippen LogP contribution < -0.4 is 15.8 Å². The van der Waals surface area contributed by atoms with Crippen LogP contribution in [0.5, 0.6) is 0 Å². The Kier molecular flexibility index (Phi) is 5.60. The highest BCUT2D eigenvalue weighted by Gasteiger charge is 2.54. The van der Waals surface area contributed by atoms with Gasteiger partial charge in [-0.1, -0.05) is 18.2 Å². The zero-order valence-electron chi connectivity index (χ0n) is 17.4. The van der Waals surface area contributed by atoms with Gasteiger partial charge in [-0.3, -0.25) is 15.6 Å². The number of hydrazine groups is 1. The number of benzene rings is 1. The minimum Gasteiger partial charge on any atom is -0.378 e. The van der Waals surface area contributed by atoms with Crippen molar-refractivity contribution in [3.63, 3.8) is 0 Å². The van der Waals surface area contributed by atoms with E-state index in [1.165, 1.54) is 5.56 Å². The Hall–Kier alpha value is -1.84. The van der Waals surface area contributed by atoms with Crippen molar-refractivity contribution < 1.29 is 22.7 Å². The first-order valence-corrected chi connectivity index (χ1v) is 11.2. The van der Waals surface area contributed by atoms with Gasteiger partial charge in [0.25, 0.3) is 0 Å². The minimum atomic E-state index is -4.40. The molecule has 0 radical (unpaired) electrons. The fourth-order valence-electron chi connectivity index (χ4n) is 6.08. The number of piperidine rings is 1. The van der Waals surface area contributed by atoms with E-state index in [2.05, 4.69) is 27.9 Å². The highest BCUT2D eigenvalue weighted by atomic mass is 19.4. The first-order chi connectivity index (χ1) is 14.9. The van der Waals surface area contributed by atoms with Gasteiger partial charge in [0.1, 0.15) is 6.54 Å². The number of likely N-dealkylation sites (tertiary alicyclic amines) is 1. The number of nitrogens with one attached hydrogen (secondary N) is 2. The van der Waals surface area contributed by atoms with Crippen LogP contribution in [0, 0.1) is 11.8 Å². The number of alkyl halides is 3. The second-order valence-electron chi connectivity index (χ2n) is 9.14. The number of nitrogens with zero attached hydrogens (tertiary/aromatic N) is 2. The van der Waals surface area contributed by atoms with E-state index in [9.17, 15) is 18.0 Å². The lowest BCUT2D eigenvalue weighted by Gasteiger charge is -2.50. The molecular formula is C22H29F3N4O2. The summed E-state index contributed by atoms with van der Waals surface area (Å²) in [5.41, 5.74) is 8.53. The van der Waals surface area contributed by atoms with Crippen LogP contribution in [0.1, 0.15) is 30.7 Å². The van der Waals surface area contributed by atoms with Gasteiger partial charge in [0, 0.05) is 37.4 Å². The van der Waals surface area contributed by atoms with E-state index in [1.54, 1.807) is 0 Å². The highest BCUT2D eigenvalue weighted by Crippen LogP contribution is 2.47. The first-order valence-electron chi connectivity index (χ1n) is 11.2. The monoisotopic (exact) mass is 438 g/mol. The van der Waals surface area contributed by atoms with Crippen molar-refractivity contribution in [3.05, 3.63) is 29.8 Å². The van der Waals surface area contributed by atoms with Crippen molar-refractivity contribution in [2.75, 3.05) is 44.3 Å². The van der Waals surface area contributed by atoms with Gasteiger partial charge in [0.15, 0.2) is 0 Å². The van der Waals surface area contributed by atoms with Gasteiger partial charge >= 0.3 is 6.18 Å². The first kappa shape index (κ1) is 21.0. The molecule has 31 heavy (non-hydrogen) atoms. The van der Waals surface area contributed by atoms with Crippen LogP contribution in [0.15, 0.2) is 24.3 Å². The zero-order valence-corrected chi connectivity index (χ0v) is 17.4. The average molecular weight is 438 g/mol. The van der Waals surface area contributed by atoms with Crippen molar-refractivity contribution >= 4 is 11.6 Å². The van der Waals surface area contributed by atoms with Gasteiger partial charge < -0.3 is 14.5 Å². The molecule has 1 aromatic rings. The Morgan fingerprint density at radius 2 is 1.90 bits per heavy atom. The van der Waals surface area contributed by atoms with Crippen LogP contribution in [-0.4, -0.2) is 68.5 Å². The maximum absolute atomic E-state index is 13.4. The summed E-state index contributed by atoms with van der Waals surface area (Å²) in [4.78, 5) is 16.5. The number of para-hydroxylation sites is 1. The lowest BCUT2D eigenvalue weighted by Crippen LogP contribution is -2.63. The van der Waals surface area contributed by atoms with Crippen LogP contribution in [0.3, 0.4) is 0 Å². The molecule has 5 unspecified atom stereocenters. The molecule has 170 valence electrons. The summed E-state index contributed by atoms with van der Waals surface area (Å²) in [7, 11) is 0. The Labute approximate surface area is 180 Å². The summed E-state index contributed by atoms with van der Waals surface area (Å²) in [5.74, 6) is -0.620. The number of ether oxygens (including phenoxy) is 1. The number of fused-ring (bicyclic) bond motifs is 3. The molecular weight excluding hydrogens is 409 g/mol. The number of anilines is 1. The lowest BCUT2D eigenvalue weighted by molar-refractivity contribution is -0.178. The van der Waals surface area contributed by atoms with Gasteiger partial charge in [0.05, 0.1) is 19.1 Å². The molecule has 4 fully saturated rings. The summed E-state index contributed by atoms with van der Waals surface area (Å²) >= 11 is 0. The van der Waals surface area contributed by atoms with Gasteiger partial charge in [-0.2, -0.15) is 13.2 Å². The molecule has 2 N–H and O–H groups in total. The SMILES string of the molecule is O=C1C2CNNC2C2CCC(c3ccccc3N3CCOCC3)CC2N1CC(F)(F)F. The molecule has 3 aliphatic heterocycles. The summed E-state index contributed by atoms with van der Waals surface area (Å²) in [6.45, 7) is 2.22. The molecule has 5 atom stereocenters. The normalized spacial score (nSPS) is 33.9. The second kappa shape index (κ2) is 8.26. The number of rotatable bonds is 3. The molecule has 1 aromatic carbocycles. The number of morpholine rings is 1. The van der Waals surface area contributed by atoms with Crippen molar-refractivity contribution in [3.8, 4) is 0 Å². The van der Waals surface area contributed by atoms with Crippen molar-refractivity contribution in [2.24, 2.45) is 11.8 Å². The standard InChI is InChI=1S/C22H29F3N4O2/c23-22(24,25)13-29-19-11-14(5-6-16(19)20-17(21(29)30)12-26-27-20)15-3-1-2-4-18(15)28-7-9-31-10-8-28/h1-4,14,16-17,19-20,26-27H,5-13H2. The Morgan fingerprint density at radius 1 is 1.13 bits per heavy atom. The van der Waals surface area contributed by atoms with Gasteiger partial charge in [0.2, 0.25) is 5.91 Å². The second-order valence-corrected chi connectivity index (χ2v) is 9.14. The van der Waals surface area contributed by atoms with E-state index in [0.29, 0.717) is 26.2 Å². The van der Waals surface area contributed by atoms with Crippen molar-refractivity contribution in [1.82, 2.24) is 15.8 Å². The number of amides is 1. The largest absolute Gasteiger partial charge is 0.406 e. The third-order valence-corrected chi connectivity index (χ3v) is 7.43. The Morgan fingerprint density at radius 3 is 2.68 bits per heavy atom. The number of hydrogen-bond donors (Lipinski definition) is 2. The van der Waals surface area contributed by atoms with E-state index < -0.39 is 24.7 Å². The Bertz CT molecular complexity index is 814. The maximum Gasteiger partial charge on any atom is 0.406 e. The zero-order chi connectivity index (χ0) is 21.6. The van der Waals surface area contributed by atoms with E-state index in [1.807, 2.05) is 12.1 Å². The van der Waals surface area contributed by atoms with Crippen LogP contribution in [-0.2, 0) is 9.53 Å². The molecule has 4 aliphatic rings. The highest BCUT2D eigenvalue weighted by molar-refractivity contribution is 5.82. The predicted octanol–water partition coefficient (Wildman–Crippen LogP) is 2.27. The molecule has 0 aromatic heterocycles. The Balaban J connectivity index is 1.43. The minimum absolute atomic E-state index is 0.0341. The molecule has 1 amide bonds. The number of carbonyl (C=O) groups is 1. The van der Waals surface area contributed by atoms with E-state index in [0.717, 1.165) is 36.5 Å². The molecule has 1 aliphatic carbocycles. The fraction of sp³-hybridized carbons (Fsp3) is 0.682. The number of halogens is 3. The van der Waals surface area contributed by atoms with Crippen molar-refractivity contribution in [1.29, 1.82) is 0 Å². The van der Waals surface area contributed by atoms with Crippen LogP contribution in [0.25, 0.3) is 0 Å². The van der Waals surface area contributed by atoms with Crippen molar-refractivity contribution in [2.45, 2.75) is 43.4 Å². The lowest BCUT2D eigenvalue weighted by atomic mass is 9.67. The summed E-state index contributed by atoms with van der Waals surface area (Å²) in [6.07, 6.45) is -2.10. The summed E-state index contributed by atoms with van der Waals surface area (Å²) in [6, 6.07) is 7.73. The third kappa shape index (κ3) is 4.03. The summed E-state index contributed by atoms with van der Waals surface area (Å²) < 4.78 is 45.7. The summed E-state index contributed by atoms with van der Waals surface area (Å²) in [5, 5.41) is 0. The van der Waals surface area contributed by atoms with E-state index in [-0.39, 0.29) is 23.8 Å². The molecule has 0 bridgehead atoms. The molecule has 5 rings (SSSR count). The molecule has 3 saturated heterocycles. The van der Waals surface area contributed by atoms with Crippen LogP contribution in [0.4, 0.5) is 18.9 Å². The molecule has 0 spiro atoms. The van der Waals surface area contributed by atoms with Gasteiger partial charge in [-0.25, -0.2) is 0 Å². The van der Waals surface area contributed by atoms with E-state index >= 15 is 0 Å².